The summed E-state index contributed by atoms with van der Waals surface area (Å²) in [7, 11) is 0. The van der Waals surface area contributed by atoms with Crippen LogP contribution in [0.3, 0.4) is 0 Å². The molecular formula is C10H7NO4. The number of nitro groups is 1. The first-order chi connectivity index (χ1) is 7.08. The molecule has 0 aliphatic rings. The van der Waals surface area contributed by atoms with E-state index in [4.69, 9.17) is 4.42 Å². The lowest BCUT2D eigenvalue weighted by atomic mass is 10.2. The molecule has 0 radical (unpaired) electrons. The monoisotopic (exact) mass is 205 g/mol. The molecule has 2 aromatic rings. The number of non-ortho nitro benzene ring substituents is 1. The van der Waals surface area contributed by atoms with Gasteiger partial charge in [-0.25, -0.2) is 4.79 Å². The molecule has 1 aromatic carbocycles. The topological polar surface area (TPSA) is 73.3 Å². The Morgan fingerprint density at radius 2 is 2.07 bits per heavy atom. The van der Waals surface area contributed by atoms with Gasteiger partial charge in [0.15, 0.2) is 0 Å². The van der Waals surface area contributed by atoms with Gasteiger partial charge in [-0.15, -0.1) is 0 Å². The van der Waals surface area contributed by atoms with Crippen molar-refractivity contribution in [3.8, 4) is 0 Å². The van der Waals surface area contributed by atoms with Crippen LogP contribution in [0, 0.1) is 17.0 Å². The molecule has 0 fully saturated rings. The van der Waals surface area contributed by atoms with Gasteiger partial charge in [0.2, 0.25) is 0 Å². The summed E-state index contributed by atoms with van der Waals surface area (Å²) >= 11 is 0. The molecule has 2 rings (SSSR count). The summed E-state index contributed by atoms with van der Waals surface area (Å²) in [5, 5.41) is 11.2. The molecule has 0 saturated carbocycles. The van der Waals surface area contributed by atoms with Gasteiger partial charge in [-0.05, 0) is 19.1 Å². The lowest BCUT2D eigenvalue weighted by molar-refractivity contribution is -0.384. The van der Waals surface area contributed by atoms with Crippen LogP contribution in [0.15, 0.2) is 33.5 Å². The van der Waals surface area contributed by atoms with Gasteiger partial charge in [-0.3, -0.25) is 10.1 Å². The predicted molar refractivity (Wildman–Crippen MR) is 53.9 cm³/mol. The zero-order chi connectivity index (χ0) is 11.0. The standard InChI is InChI=1S/C10H7NO4/c1-6-4-7-2-3-8(11(13)14)5-9(7)15-10(6)12/h2-5H,1H3. The Labute approximate surface area is 84.1 Å². The van der Waals surface area contributed by atoms with Gasteiger partial charge < -0.3 is 4.42 Å². The lowest BCUT2D eigenvalue weighted by Crippen LogP contribution is -2.01. The van der Waals surface area contributed by atoms with E-state index in [2.05, 4.69) is 0 Å². The quantitative estimate of drug-likeness (QED) is 0.405. The van der Waals surface area contributed by atoms with E-state index >= 15 is 0 Å². The van der Waals surface area contributed by atoms with Crippen LogP contribution in [-0.4, -0.2) is 4.92 Å². The molecule has 0 aliphatic carbocycles. The second-order valence-electron chi connectivity index (χ2n) is 3.20. The fourth-order valence-corrected chi connectivity index (χ4v) is 1.32. The molecule has 1 aromatic heterocycles. The average Bonchev–Trinajstić information content (AvgIpc) is 2.19. The van der Waals surface area contributed by atoms with E-state index in [1.165, 1.54) is 12.1 Å². The summed E-state index contributed by atoms with van der Waals surface area (Å²) < 4.78 is 4.92. The number of rotatable bonds is 1. The van der Waals surface area contributed by atoms with E-state index in [9.17, 15) is 14.9 Å². The molecule has 5 heteroatoms. The zero-order valence-corrected chi connectivity index (χ0v) is 7.89. The van der Waals surface area contributed by atoms with Crippen molar-refractivity contribution >= 4 is 16.7 Å². The van der Waals surface area contributed by atoms with Crippen LogP contribution >= 0.6 is 0 Å². The maximum atomic E-state index is 11.2. The number of fused-ring (bicyclic) bond motifs is 1. The fourth-order valence-electron chi connectivity index (χ4n) is 1.32. The Morgan fingerprint density at radius 3 is 2.73 bits per heavy atom. The molecule has 0 bridgehead atoms. The Balaban J connectivity index is 2.77. The second-order valence-corrected chi connectivity index (χ2v) is 3.20. The number of benzene rings is 1. The minimum atomic E-state index is -0.528. The molecule has 0 spiro atoms. The van der Waals surface area contributed by atoms with E-state index in [1.54, 1.807) is 19.1 Å². The highest BCUT2D eigenvalue weighted by Gasteiger charge is 2.08. The van der Waals surface area contributed by atoms with Gasteiger partial charge >= 0.3 is 5.63 Å². The van der Waals surface area contributed by atoms with Crippen molar-refractivity contribution < 1.29 is 9.34 Å². The van der Waals surface area contributed by atoms with Crippen molar-refractivity contribution in [2.24, 2.45) is 0 Å². The SMILES string of the molecule is Cc1cc2ccc([N+](=O)[O-])cc2oc1=O. The third-order valence-corrected chi connectivity index (χ3v) is 2.10. The predicted octanol–water partition coefficient (Wildman–Crippen LogP) is 2.01. The van der Waals surface area contributed by atoms with E-state index in [-0.39, 0.29) is 11.3 Å². The number of aryl methyl sites for hydroxylation is 1. The van der Waals surface area contributed by atoms with Crippen molar-refractivity contribution in [1.82, 2.24) is 0 Å². The first-order valence-corrected chi connectivity index (χ1v) is 4.27. The Kier molecular flexibility index (Phi) is 2.00. The Hall–Kier alpha value is -2.17. The minimum absolute atomic E-state index is 0.0884. The third-order valence-electron chi connectivity index (χ3n) is 2.10. The van der Waals surface area contributed by atoms with Crippen LogP contribution in [0.25, 0.3) is 11.0 Å². The summed E-state index contributed by atoms with van der Waals surface area (Å²) in [5.41, 5.74) is 0.161. The zero-order valence-electron chi connectivity index (χ0n) is 7.89. The van der Waals surface area contributed by atoms with Crippen LogP contribution in [0.2, 0.25) is 0 Å². The largest absolute Gasteiger partial charge is 0.422 e. The van der Waals surface area contributed by atoms with Crippen LogP contribution < -0.4 is 5.63 Å². The van der Waals surface area contributed by atoms with E-state index in [0.29, 0.717) is 10.9 Å². The molecule has 0 aliphatic heterocycles. The Morgan fingerprint density at radius 1 is 1.33 bits per heavy atom. The third kappa shape index (κ3) is 1.59. The van der Waals surface area contributed by atoms with Crippen molar-refractivity contribution in [3.63, 3.8) is 0 Å². The summed E-state index contributed by atoms with van der Waals surface area (Å²) in [6.45, 7) is 1.63. The first kappa shape index (κ1) is 9.39. The molecule has 0 amide bonds. The second kappa shape index (κ2) is 3.20. The van der Waals surface area contributed by atoms with Crippen LogP contribution in [0.1, 0.15) is 5.56 Å². The van der Waals surface area contributed by atoms with Crippen LogP contribution in [0.5, 0.6) is 0 Å². The number of nitro benzene ring substituents is 1. The van der Waals surface area contributed by atoms with Crippen molar-refractivity contribution in [2.45, 2.75) is 6.92 Å². The number of hydrogen-bond acceptors (Lipinski definition) is 4. The van der Waals surface area contributed by atoms with Crippen molar-refractivity contribution in [3.05, 3.63) is 50.4 Å². The maximum absolute atomic E-state index is 11.2. The number of hydrogen-bond donors (Lipinski definition) is 0. The summed E-state index contributed by atoms with van der Waals surface area (Å²) in [6, 6.07) is 5.83. The summed E-state index contributed by atoms with van der Waals surface area (Å²) in [5.74, 6) is 0. The van der Waals surface area contributed by atoms with Gasteiger partial charge in [0.1, 0.15) is 5.58 Å². The smallest absolute Gasteiger partial charge is 0.339 e. The van der Waals surface area contributed by atoms with Gasteiger partial charge in [0, 0.05) is 17.0 Å². The highest BCUT2D eigenvalue weighted by Crippen LogP contribution is 2.19. The first-order valence-electron chi connectivity index (χ1n) is 4.27. The van der Waals surface area contributed by atoms with Crippen molar-refractivity contribution in [1.29, 1.82) is 0 Å². The normalized spacial score (nSPS) is 10.5. The van der Waals surface area contributed by atoms with Gasteiger partial charge in [-0.1, -0.05) is 0 Å². The minimum Gasteiger partial charge on any atom is -0.422 e. The number of nitrogens with zero attached hydrogens (tertiary/aromatic N) is 1. The molecule has 0 N–H and O–H groups in total. The highest BCUT2D eigenvalue weighted by atomic mass is 16.6. The van der Waals surface area contributed by atoms with Crippen molar-refractivity contribution in [2.75, 3.05) is 0 Å². The molecule has 76 valence electrons. The van der Waals surface area contributed by atoms with Crippen LogP contribution in [0.4, 0.5) is 5.69 Å². The average molecular weight is 205 g/mol. The molecule has 5 nitrogen and oxygen atoms in total. The van der Waals surface area contributed by atoms with E-state index in [0.717, 1.165) is 0 Å². The van der Waals surface area contributed by atoms with Gasteiger partial charge in [0.05, 0.1) is 11.0 Å². The molecule has 0 unspecified atom stereocenters. The summed E-state index contributed by atoms with van der Waals surface area (Å²) in [4.78, 5) is 21.1. The van der Waals surface area contributed by atoms with Gasteiger partial charge in [-0.2, -0.15) is 0 Å². The molecule has 1 heterocycles. The molecule has 15 heavy (non-hydrogen) atoms. The molecule has 0 atom stereocenters. The van der Waals surface area contributed by atoms with E-state index < -0.39 is 10.5 Å². The van der Waals surface area contributed by atoms with Crippen LogP contribution in [-0.2, 0) is 0 Å². The lowest BCUT2D eigenvalue weighted by Gasteiger charge is -1.97. The fraction of sp³-hybridized carbons (Fsp3) is 0.100. The molecule has 0 saturated heterocycles. The maximum Gasteiger partial charge on any atom is 0.339 e. The highest BCUT2D eigenvalue weighted by molar-refractivity contribution is 5.79. The summed E-state index contributed by atoms with van der Waals surface area (Å²) in [6.07, 6.45) is 0. The molecular weight excluding hydrogens is 198 g/mol. The van der Waals surface area contributed by atoms with E-state index in [1.807, 2.05) is 0 Å². The Bertz CT molecular complexity index is 600. The van der Waals surface area contributed by atoms with Gasteiger partial charge in [0.25, 0.3) is 5.69 Å².